The minimum atomic E-state index is -0.172. The third kappa shape index (κ3) is 2.97. The average Bonchev–Trinajstić information content (AvgIpc) is 2.82. The second kappa shape index (κ2) is 6.18. The van der Waals surface area contributed by atoms with E-state index in [-0.39, 0.29) is 19.1 Å². The van der Waals surface area contributed by atoms with Gasteiger partial charge >= 0.3 is 0 Å². The van der Waals surface area contributed by atoms with Crippen molar-refractivity contribution < 1.29 is 9.90 Å². The number of carbonyl (C=O) groups is 1. The topological polar surface area (TPSA) is 66.6 Å². The molecule has 19 heavy (non-hydrogen) atoms. The van der Waals surface area contributed by atoms with E-state index in [0.717, 1.165) is 4.47 Å². The van der Waals surface area contributed by atoms with Crippen molar-refractivity contribution in [3.63, 3.8) is 0 Å². The fourth-order valence-corrected chi connectivity index (χ4v) is 3.22. The molecular weight excluding hydrogens is 328 g/mol. The number of aliphatic hydroxyl groups is 1. The maximum absolute atomic E-state index is 12.5. The summed E-state index contributed by atoms with van der Waals surface area (Å²) < 4.78 is 0.750. The van der Waals surface area contributed by atoms with Gasteiger partial charge in [-0.1, -0.05) is 12.1 Å². The van der Waals surface area contributed by atoms with Gasteiger partial charge < -0.3 is 15.7 Å². The summed E-state index contributed by atoms with van der Waals surface area (Å²) in [5.41, 5.74) is 7.02. The normalized spacial score (nSPS) is 10.4. The molecule has 1 aromatic heterocycles. The summed E-state index contributed by atoms with van der Waals surface area (Å²) in [4.78, 5) is 14.6. The first kappa shape index (κ1) is 14.0. The first-order valence-corrected chi connectivity index (χ1v) is 7.32. The molecule has 0 aliphatic carbocycles. The summed E-state index contributed by atoms with van der Waals surface area (Å²) in [7, 11) is 0. The number of hydrogen-bond acceptors (Lipinski definition) is 4. The van der Waals surface area contributed by atoms with Crippen LogP contribution in [0.15, 0.2) is 40.2 Å². The van der Waals surface area contributed by atoms with E-state index in [1.165, 1.54) is 16.2 Å². The molecule has 1 amide bonds. The Morgan fingerprint density at radius 2 is 2.11 bits per heavy atom. The lowest BCUT2D eigenvalue weighted by molar-refractivity contribution is 0.0984. The quantitative estimate of drug-likeness (QED) is 0.841. The largest absolute Gasteiger partial charge is 0.397 e. The van der Waals surface area contributed by atoms with Crippen LogP contribution in [0.1, 0.15) is 9.67 Å². The van der Waals surface area contributed by atoms with Gasteiger partial charge in [0.15, 0.2) is 0 Å². The van der Waals surface area contributed by atoms with Crippen molar-refractivity contribution in [2.45, 2.75) is 0 Å². The number of thiophene rings is 1. The number of nitrogens with two attached hydrogens (primary N) is 1. The summed E-state index contributed by atoms with van der Waals surface area (Å²) in [6.07, 6.45) is 0. The summed E-state index contributed by atoms with van der Waals surface area (Å²) in [5.74, 6) is -0.172. The number of carbonyl (C=O) groups excluding carboxylic acids is 1. The van der Waals surface area contributed by atoms with E-state index in [2.05, 4.69) is 15.9 Å². The standard InChI is InChI=1S/C13H13BrN2O2S/c14-9-5-8-19-12(9)13(18)16(6-7-17)11-4-2-1-3-10(11)15/h1-5,8,17H,6-7,15H2. The number of anilines is 2. The van der Waals surface area contributed by atoms with Crippen LogP contribution >= 0.6 is 27.3 Å². The van der Waals surface area contributed by atoms with Crippen molar-refractivity contribution in [3.05, 3.63) is 45.1 Å². The van der Waals surface area contributed by atoms with Gasteiger partial charge in [-0.3, -0.25) is 4.79 Å². The highest BCUT2D eigenvalue weighted by atomic mass is 79.9. The highest BCUT2D eigenvalue weighted by molar-refractivity contribution is 9.10. The molecule has 100 valence electrons. The fourth-order valence-electron chi connectivity index (χ4n) is 1.73. The molecule has 4 nitrogen and oxygen atoms in total. The molecule has 2 aromatic rings. The molecule has 1 heterocycles. The maximum Gasteiger partial charge on any atom is 0.269 e. The van der Waals surface area contributed by atoms with Crippen molar-refractivity contribution >= 4 is 44.5 Å². The van der Waals surface area contributed by atoms with Crippen LogP contribution in [0, 0.1) is 0 Å². The smallest absolute Gasteiger partial charge is 0.269 e. The zero-order chi connectivity index (χ0) is 13.8. The molecule has 1 aromatic carbocycles. The van der Waals surface area contributed by atoms with Gasteiger partial charge in [-0.15, -0.1) is 11.3 Å². The summed E-state index contributed by atoms with van der Waals surface area (Å²) in [5, 5.41) is 11.0. The van der Waals surface area contributed by atoms with E-state index in [9.17, 15) is 4.79 Å². The van der Waals surface area contributed by atoms with Gasteiger partial charge in [0.25, 0.3) is 5.91 Å². The number of halogens is 1. The van der Waals surface area contributed by atoms with E-state index in [4.69, 9.17) is 10.8 Å². The third-order valence-electron chi connectivity index (χ3n) is 2.61. The average molecular weight is 341 g/mol. The van der Waals surface area contributed by atoms with Gasteiger partial charge in [0.1, 0.15) is 4.88 Å². The summed E-state index contributed by atoms with van der Waals surface area (Å²) in [6.45, 7) is 0.0838. The molecule has 0 aliphatic rings. The molecule has 0 aliphatic heterocycles. The molecule has 0 radical (unpaired) electrons. The van der Waals surface area contributed by atoms with Crippen LogP contribution in [0.25, 0.3) is 0 Å². The van der Waals surface area contributed by atoms with Crippen molar-refractivity contribution in [3.8, 4) is 0 Å². The Bertz CT molecular complexity index is 586. The van der Waals surface area contributed by atoms with Crippen molar-refractivity contribution in [1.82, 2.24) is 0 Å². The van der Waals surface area contributed by atoms with Crippen molar-refractivity contribution in [2.24, 2.45) is 0 Å². The minimum Gasteiger partial charge on any atom is -0.397 e. The van der Waals surface area contributed by atoms with Gasteiger partial charge in [-0.05, 0) is 39.5 Å². The number of rotatable bonds is 4. The summed E-state index contributed by atoms with van der Waals surface area (Å²) >= 11 is 4.70. The molecule has 0 saturated heterocycles. The van der Waals surface area contributed by atoms with Crippen LogP contribution < -0.4 is 10.6 Å². The lowest BCUT2D eigenvalue weighted by Gasteiger charge is -2.23. The van der Waals surface area contributed by atoms with E-state index >= 15 is 0 Å². The number of amides is 1. The van der Waals surface area contributed by atoms with Crippen LogP contribution in [0.2, 0.25) is 0 Å². The third-order valence-corrected chi connectivity index (χ3v) is 4.43. The predicted octanol–water partition coefficient (Wildman–Crippen LogP) is 2.73. The molecule has 6 heteroatoms. The zero-order valence-corrected chi connectivity index (χ0v) is 12.4. The van der Waals surface area contributed by atoms with E-state index < -0.39 is 0 Å². The van der Waals surface area contributed by atoms with Crippen LogP contribution in [0.3, 0.4) is 0 Å². The van der Waals surface area contributed by atoms with Gasteiger partial charge in [-0.25, -0.2) is 0 Å². The van der Waals surface area contributed by atoms with Gasteiger partial charge in [0, 0.05) is 11.0 Å². The van der Waals surface area contributed by atoms with Gasteiger partial charge in [0.05, 0.1) is 18.0 Å². The number of hydrogen-bond donors (Lipinski definition) is 2. The Hall–Kier alpha value is -1.37. The maximum atomic E-state index is 12.5. The number of nitrogen functional groups attached to an aromatic ring is 1. The number of para-hydroxylation sites is 2. The van der Waals surface area contributed by atoms with Crippen LogP contribution in [0.5, 0.6) is 0 Å². The molecule has 0 fully saturated rings. The number of aliphatic hydroxyl groups excluding tert-OH is 1. The highest BCUT2D eigenvalue weighted by Crippen LogP contribution is 2.29. The van der Waals surface area contributed by atoms with Crippen molar-refractivity contribution in [2.75, 3.05) is 23.8 Å². The molecule has 0 saturated carbocycles. The van der Waals surface area contributed by atoms with Crippen LogP contribution in [-0.4, -0.2) is 24.2 Å². The van der Waals surface area contributed by atoms with E-state index in [1.54, 1.807) is 12.1 Å². The Balaban J connectivity index is 2.39. The molecule has 2 rings (SSSR count). The lowest BCUT2D eigenvalue weighted by atomic mass is 10.2. The zero-order valence-electron chi connectivity index (χ0n) is 10.0. The first-order valence-electron chi connectivity index (χ1n) is 5.65. The lowest BCUT2D eigenvalue weighted by Crippen LogP contribution is -2.33. The summed E-state index contributed by atoms with van der Waals surface area (Å²) in [6, 6.07) is 8.94. The molecular formula is C13H13BrN2O2S. The Labute approximate surface area is 123 Å². The second-order valence-electron chi connectivity index (χ2n) is 3.84. The van der Waals surface area contributed by atoms with E-state index in [1.807, 2.05) is 23.6 Å². The Morgan fingerprint density at radius 1 is 1.37 bits per heavy atom. The molecule has 0 bridgehead atoms. The van der Waals surface area contributed by atoms with Crippen molar-refractivity contribution in [1.29, 1.82) is 0 Å². The molecule has 0 unspecified atom stereocenters. The molecule has 0 atom stereocenters. The van der Waals surface area contributed by atoms with Gasteiger partial charge in [-0.2, -0.15) is 0 Å². The number of benzene rings is 1. The number of nitrogens with zero attached hydrogens (tertiary/aromatic N) is 1. The van der Waals surface area contributed by atoms with Gasteiger partial charge in [0.2, 0.25) is 0 Å². The SMILES string of the molecule is Nc1ccccc1N(CCO)C(=O)c1sccc1Br. The highest BCUT2D eigenvalue weighted by Gasteiger charge is 2.21. The first-order chi connectivity index (χ1) is 9.15. The Morgan fingerprint density at radius 3 is 2.68 bits per heavy atom. The monoisotopic (exact) mass is 340 g/mol. The fraction of sp³-hybridized carbons (Fsp3) is 0.154. The second-order valence-corrected chi connectivity index (χ2v) is 5.61. The van der Waals surface area contributed by atoms with Crippen LogP contribution in [-0.2, 0) is 0 Å². The Kier molecular flexibility index (Phi) is 4.57. The molecule has 0 spiro atoms. The predicted molar refractivity (Wildman–Crippen MR) is 81.6 cm³/mol. The minimum absolute atomic E-state index is 0.122. The molecule has 3 N–H and O–H groups in total. The van der Waals surface area contributed by atoms with E-state index in [0.29, 0.717) is 16.3 Å². The van der Waals surface area contributed by atoms with Crippen LogP contribution in [0.4, 0.5) is 11.4 Å².